The summed E-state index contributed by atoms with van der Waals surface area (Å²) in [7, 11) is 0. The number of carbonyl (C=O) groups is 3. The van der Waals surface area contributed by atoms with Gasteiger partial charge in [0.25, 0.3) is 11.8 Å². The minimum absolute atomic E-state index is 0.0549. The summed E-state index contributed by atoms with van der Waals surface area (Å²) in [5.41, 5.74) is 1.46. The monoisotopic (exact) mass is 613 g/mol. The van der Waals surface area contributed by atoms with E-state index in [-0.39, 0.29) is 40.7 Å². The maximum Gasteiger partial charge on any atom is 0.254 e. The van der Waals surface area contributed by atoms with Crippen LogP contribution in [0.5, 0.6) is 5.75 Å². The number of thioether (sulfide) groups is 1. The number of phenols is 1. The average molecular weight is 614 g/mol. The Morgan fingerprint density at radius 3 is 2.48 bits per heavy atom. The number of benzene rings is 3. The molecular weight excluding hydrogens is 581 g/mol. The number of aliphatic hydroxyl groups is 1. The van der Waals surface area contributed by atoms with E-state index in [1.165, 1.54) is 47.0 Å². The van der Waals surface area contributed by atoms with E-state index in [1.54, 1.807) is 13.0 Å². The van der Waals surface area contributed by atoms with E-state index in [0.717, 1.165) is 5.56 Å². The zero-order valence-electron chi connectivity index (χ0n) is 23.4. The number of amides is 3. The molecule has 11 heteroatoms. The molecule has 0 radical (unpaired) electrons. The van der Waals surface area contributed by atoms with Gasteiger partial charge in [0.2, 0.25) is 5.91 Å². The summed E-state index contributed by atoms with van der Waals surface area (Å²) >= 11 is 7.48. The van der Waals surface area contributed by atoms with Crippen LogP contribution in [0.1, 0.15) is 40.9 Å². The van der Waals surface area contributed by atoms with Crippen molar-refractivity contribution in [2.24, 2.45) is 0 Å². The van der Waals surface area contributed by atoms with Gasteiger partial charge in [0.05, 0.1) is 11.9 Å². The zero-order valence-corrected chi connectivity index (χ0v) is 25.0. The maximum atomic E-state index is 14.3. The number of nitrogens with one attached hydrogen (secondary N) is 2. The number of phenolic OH excluding ortho intramolecular Hbond substituents is 1. The van der Waals surface area contributed by atoms with Crippen molar-refractivity contribution in [3.8, 4) is 5.75 Å². The van der Waals surface area contributed by atoms with E-state index >= 15 is 0 Å². The Hall–Kier alpha value is -3.60. The number of rotatable bonds is 9. The lowest BCUT2D eigenvalue weighted by Gasteiger charge is -2.33. The second-order valence-corrected chi connectivity index (χ2v) is 12.7. The number of aliphatic hydroxyl groups excluding tert-OH is 1. The Morgan fingerprint density at radius 2 is 1.79 bits per heavy atom. The van der Waals surface area contributed by atoms with Gasteiger partial charge >= 0.3 is 0 Å². The first kappa shape index (κ1) is 31.3. The quantitative estimate of drug-likeness (QED) is 0.287. The third kappa shape index (κ3) is 6.88. The minimum atomic E-state index is -1.70. The van der Waals surface area contributed by atoms with E-state index in [2.05, 4.69) is 10.6 Å². The molecule has 3 aromatic carbocycles. The highest BCUT2D eigenvalue weighted by atomic mass is 35.5. The van der Waals surface area contributed by atoms with E-state index in [1.807, 2.05) is 44.2 Å². The Labute approximate surface area is 253 Å². The molecule has 0 bridgehead atoms. The summed E-state index contributed by atoms with van der Waals surface area (Å²) in [5.74, 6) is -2.31. The van der Waals surface area contributed by atoms with Gasteiger partial charge in [0.1, 0.15) is 17.6 Å². The summed E-state index contributed by atoms with van der Waals surface area (Å²) in [5, 5.41) is 27.1. The van der Waals surface area contributed by atoms with E-state index in [9.17, 15) is 29.0 Å². The molecule has 1 heterocycles. The number of hydrogen-bond acceptors (Lipinski definition) is 6. The zero-order chi connectivity index (χ0) is 30.6. The lowest BCUT2D eigenvalue weighted by Crippen LogP contribution is -2.58. The third-order valence-corrected chi connectivity index (χ3v) is 9.11. The minimum Gasteiger partial charge on any atom is -0.508 e. The molecule has 0 unspecified atom stereocenters. The highest BCUT2D eigenvalue weighted by Crippen LogP contribution is 2.40. The van der Waals surface area contributed by atoms with Crippen LogP contribution in [0.15, 0.2) is 66.7 Å². The number of aromatic hydroxyl groups is 1. The lowest BCUT2D eigenvalue weighted by atomic mass is 9.96. The molecule has 3 amide bonds. The molecule has 4 rings (SSSR count). The van der Waals surface area contributed by atoms with Crippen LogP contribution in [-0.2, 0) is 22.6 Å². The fourth-order valence-corrected chi connectivity index (χ4v) is 6.32. The Kier molecular flexibility index (Phi) is 9.81. The topological polar surface area (TPSA) is 119 Å². The predicted molar refractivity (Wildman–Crippen MR) is 161 cm³/mol. The standard InChI is InChI=1S/C31H33ClFN3O5S/c1-18-20(11-7-14-25(18)37)28(39)35-24(15-19-9-5-4-6-10-19)26(38)30(41)36-17-42-31(2,3)27(36)29(40)34-16-21-22(32)12-8-13-23(21)33/h4-14,24,26-27,37-38H,15-17H2,1-3H3,(H,34,40)(H,35,39)/t24-,26-,27+/m0/s1. The first-order valence-electron chi connectivity index (χ1n) is 13.4. The Morgan fingerprint density at radius 1 is 1.10 bits per heavy atom. The summed E-state index contributed by atoms with van der Waals surface area (Å²) in [6.07, 6.45) is -1.57. The Balaban J connectivity index is 1.57. The largest absolute Gasteiger partial charge is 0.508 e. The second kappa shape index (κ2) is 13.1. The summed E-state index contributed by atoms with van der Waals surface area (Å²) < 4.78 is 13.6. The first-order valence-corrected chi connectivity index (χ1v) is 14.7. The van der Waals surface area contributed by atoms with Gasteiger partial charge in [-0.2, -0.15) is 0 Å². The molecule has 222 valence electrons. The molecule has 0 saturated carbocycles. The van der Waals surface area contributed by atoms with E-state index < -0.39 is 46.5 Å². The van der Waals surface area contributed by atoms with E-state index in [4.69, 9.17) is 11.6 Å². The summed E-state index contributed by atoms with van der Waals surface area (Å²) in [6.45, 7) is 5.04. The molecule has 0 aliphatic carbocycles. The van der Waals surface area contributed by atoms with Gasteiger partial charge in [-0.25, -0.2) is 4.39 Å². The SMILES string of the molecule is Cc1c(O)cccc1C(=O)N[C@@H](Cc1ccccc1)[C@H](O)C(=O)N1CSC(C)(C)[C@H]1C(=O)NCc1c(F)cccc1Cl. The molecule has 1 aliphatic heterocycles. The van der Waals surface area contributed by atoms with Gasteiger partial charge in [0.15, 0.2) is 6.10 Å². The van der Waals surface area contributed by atoms with Gasteiger partial charge in [-0.05, 0) is 57.0 Å². The van der Waals surface area contributed by atoms with Crippen molar-refractivity contribution in [3.63, 3.8) is 0 Å². The van der Waals surface area contributed by atoms with Crippen LogP contribution in [0, 0.1) is 12.7 Å². The van der Waals surface area contributed by atoms with Gasteiger partial charge in [0, 0.05) is 33.0 Å². The van der Waals surface area contributed by atoms with Crippen molar-refractivity contribution in [1.29, 1.82) is 0 Å². The third-order valence-electron chi connectivity index (χ3n) is 7.38. The number of nitrogens with zero attached hydrogens (tertiary/aromatic N) is 1. The average Bonchev–Trinajstić information content (AvgIpc) is 3.28. The van der Waals surface area contributed by atoms with Crippen molar-refractivity contribution in [1.82, 2.24) is 15.5 Å². The molecule has 0 aromatic heterocycles. The van der Waals surface area contributed by atoms with Gasteiger partial charge in [-0.15, -0.1) is 11.8 Å². The fraction of sp³-hybridized carbons (Fsp3) is 0.323. The molecule has 1 fully saturated rings. The molecule has 1 aliphatic rings. The van der Waals surface area contributed by atoms with Crippen molar-refractivity contribution < 1.29 is 29.0 Å². The molecule has 3 atom stereocenters. The summed E-state index contributed by atoms with van der Waals surface area (Å²) in [6, 6.07) is 15.8. The maximum absolute atomic E-state index is 14.3. The predicted octanol–water partition coefficient (Wildman–Crippen LogP) is 4.19. The molecule has 8 nitrogen and oxygen atoms in total. The van der Waals surface area contributed by atoms with Crippen LogP contribution in [0.3, 0.4) is 0 Å². The molecule has 1 saturated heterocycles. The van der Waals surface area contributed by atoms with Crippen molar-refractivity contribution in [2.75, 3.05) is 5.88 Å². The normalized spacial score (nSPS) is 17.4. The number of hydrogen-bond donors (Lipinski definition) is 4. The molecule has 42 heavy (non-hydrogen) atoms. The van der Waals surface area contributed by atoms with Crippen molar-refractivity contribution in [2.45, 2.75) is 56.7 Å². The molecular formula is C31H33ClFN3O5S. The fourth-order valence-electron chi connectivity index (χ4n) is 4.95. The second-order valence-electron chi connectivity index (χ2n) is 10.7. The highest BCUT2D eigenvalue weighted by molar-refractivity contribution is 8.00. The van der Waals surface area contributed by atoms with Crippen LogP contribution in [0.2, 0.25) is 5.02 Å². The van der Waals surface area contributed by atoms with Crippen molar-refractivity contribution in [3.05, 3.63) is 99.8 Å². The van der Waals surface area contributed by atoms with Gasteiger partial charge < -0.3 is 25.7 Å². The number of carbonyl (C=O) groups excluding carboxylic acids is 3. The van der Waals surface area contributed by atoms with Crippen LogP contribution in [-0.4, -0.2) is 61.6 Å². The van der Waals surface area contributed by atoms with Crippen molar-refractivity contribution >= 4 is 41.1 Å². The molecule has 3 aromatic rings. The summed E-state index contributed by atoms with van der Waals surface area (Å²) in [4.78, 5) is 41.8. The first-order chi connectivity index (χ1) is 19.9. The Bertz CT molecular complexity index is 1450. The molecule has 4 N–H and O–H groups in total. The van der Waals surface area contributed by atoms with Crippen LogP contribution in [0.4, 0.5) is 4.39 Å². The number of halogens is 2. The van der Waals surface area contributed by atoms with Crippen LogP contribution < -0.4 is 10.6 Å². The van der Waals surface area contributed by atoms with Crippen LogP contribution in [0.25, 0.3) is 0 Å². The highest BCUT2D eigenvalue weighted by Gasteiger charge is 2.49. The molecule has 0 spiro atoms. The van der Waals surface area contributed by atoms with Gasteiger partial charge in [-0.3, -0.25) is 14.4 Å². The smallest absolute Gasteiger partial charge is 0.254 e. The lowest BCUT2D eigenvalue weighted by molar-refractivity contribution is -0.147. The van der Waals surface area contributed by atoms with Gasteiger partial charge in [-0.1, -0.05) is 54.1 Å². The van der Waals surface area contributed by atoms with E-state index in [0.29, 0.717) is 5.56 Å². The van der Waals surface area contributed by atoms with Crippen LogP contribution >= 0.6 is 23.4 Å².